The van der Waals surface area contributed by atoms with E-state index in [1.165, 1.54) is 17.3 Å². The molecule has 2 aliphatic carbocycles. The number of fused-ring (bicyclic) bond motifs is 3. The topological polar surface area (TPSA) is 126 Å². The lowest BCUT2D eigenvalue weighted by Gasteiger charge is -2.35. The van der Waals surface area contributed by atoms with Crippen molar-refractivity contribution in [1.29, 1.82) is 0 Å². The molecule has 5 rings (SSSR count). The molecule has 2 aliphatic heterocycles. The van der Waals surface area contributed by atoms with Crippen molar-refractivity contribution < 1.29 is 17.9 Å². The number of hydrogen-bond acceptors (Lipinski definition) is 7. The summed E-state index contributed by atoms with van der Waals surface area (Å²) in [5.74, 6) is 0.110. The van der Waals surface area contributed by atoms with E-state index in [2.05, 4.69) is 21.2 Å². The number of sulfonamides is 1. The maximum absolute atomic E-state index is 12.9. The Bertz CT molecular complexity index is 977. The Balaban J connectivity index is 1.32. The third kappa shape index (κ3) is 3.36. The SMILES string of the molecule is NCC1COC2C(S(=O)(=O)NC(=O)Nc3c4c(cc5c3CCC5)CCC4)C=NN2C1. The second-order valence-corrected chi connectivity index (χ2v) is 10.4. The Hall–Kier alpha value is -2.17. The van der Waals surface area contributed by atoms with Gasteiger partial charge in [0, 0.05) is 24.4 Å². The molecule has 4 aliphatic rings. The minimum Gasteiger partial charge on any atom is -0.355 e. The van der Waals surface area contributed by atoms with Crippen molar-refractivity contribution in [1.82, 2.24) is 9.73 Å². The smallest absolute Gasteiger partial charge is 0.332 e. The molecule has 10 heteroatoms. The zero-order valence-corrected chi connectivity index (χ0v) is 17.6. The first-order chi connectivity index (χ1) is 14.5. The summed E-state index contributed by atoms with van der Waals surface area (Å²) in [5, 5.41) is 7.58. The molecular formula is C20H27N5O4S. The van der Waals surface area contributed by atoms with Crippen molar-refractivity contribution in [3.8, 4) is 0 Å². The lowest BCUT2D eigenvalue weighted by atomic mass is 9.99. The Labute approximate surface area is 176 Å². The predicted molar refractivity (Wildman–Crippen MR) is 113 cm³/mol. The van der Waals surface area contributed by atoms with E-state index in [0.29, 0.717) is 19.7 Å². The van der Waals surface area contributed by atoms with E-state index in [1.807, 2.05) is 0 Å². The molecule has 3 atom stereocenters. The number of carbonyl (C=O) groups excluding carboxylic acids is 1. The van der Waals surface area contributed by atoms with Gasteiger partial charge in [-0.05, 0) is 67.3 Å². The maximum Gasteiger partial charge on any atom is 0.332 e. The van der Waals surface area contributed by atoms with Crippen LogP contribution in [0, 0.1) is 5.92 Å². The monoisotopic (exact) mass is 433 g/mol. The standard InChI is InChI=1S/C20H27N5O4S/c21-8-12-10-25-19(29-11-12)17(9-22-25)30(27,28)24-20(26)23-18-15-5-1-3-13(15)7-14-4-2-6-16(14)18/h7,9,12,17,19H,1-6,8,10-11,21H2,(H2,23,24,26). The van der Waals surface area contributed by atoms with Crippen LogP contribution in [-0.2, 0) is 40.4 Å². The van der Waals surface area contributed by atoms with Gasteiger partial charge in [-0.25, -0.2) is 17.9 Å². The Morgan fingerprint density at radius 1 is 1.20 bits per heavy atom. The first-order valence-electron chi connectivity index (χ1n) is 10.6. The highest BCUT2D eigenvalue weighted by molar-refractivity contribution is 7.91. The molecule has 2 amide bonds. The minimum atomic E-state index is -4.01. The minimum absolute atomic E-state index is 0.110. The average molecular weight is 434 g/mol. The van der Waals surface area contributed by atoms with Crippen molar-refractivity contribution in [2.45, 2.75) is 50.0 Å². The maximum atomic E-state index is 12.9. The molecule has 1 aromatic carbocycles. The second-order valence-electron chi connectivity index (χ2n) is 8.51. The summed E-state index contributed by atoms with van der Waals surface area (Å²) in [6.45, 7) is 1.36. The number of hydrogen-bond donors (Lipinski definition) is 3. The molecule has 3 unspecified atom stereocenters. The van der Waals surface area contributed by atoms with Crippen LogP contribution in [0.3, 0.4) is 0 Å². The number of amides is 2. The van der Waals surface area contributed by atoms with Crippen LogP contribution in [0.1, 0.15) is 35.1 Å². The highest BCUT2D eigenvalue weighted by Crippen LogP contribution is 2.38. The number of benzene rings is 1. The third-order valence-corrected chi connectivity index (χ3v) is 8.06. The van der Waals surface area contributed by atoms with Gasteiger partial charge in [0.1, 0.15) is 0 Å². The first kappa shape index (κ1) is 19.8. The summed E-state index contributed by atoms with van der Waals surface area (Å²) < 4.78 is 33.7. The van der Waals surface area contributed by atoms with Crippen LogP contribution < -0.4 is 15.8 Å². The van der Waals surface area contributed by atoms with Crippen LogP contribution in [0.25, 0.3) is 0 Å². The van der Waals surface area contributed by atoms with E-state index >= 15 is 0 Å². The van der Waals surface area contributed by atoms with Crippen LogP contribution in [0.5, 0.6) is 0 Å². The molecule has 4 N–H and O–H groups in total. The fourth-order valence-electron chi connectivity index (χ4n) is 5.02. The second kappa shape index (κ2) is 7.51. The molecule has 2 heterocycles. The molecule has 0 saturated carbocycles. The normalized spacial score (nSPS) is 27.0. The molecule has 1 fully saturated rings. The number of carbonyl (C=O) groups is 1. The van der Waals surface area contributed by atoms with Gasteiger partial charge >= 0.3 is 6.03 Å². The fourth-order valence-corrected chi connectivity index (χ4v) is 6.21. The molecule has 0 aromatic heterocycles. The number of hydrazone groups is 1. The van der Waals surface area contributed by atoms with Crippen molar-refractivity contribution in [2.24, 2.45) is 16.8 Å². The Morgan fingerprint density at radius 3 is 2.57 bits per heavy atom. The number of nitrogens with one attached hydrogen (secondary N) is 2. The number of nitrogens with two attached hydrogens (primary N) is 1. The number of ether oxygens (including phenoxy) is 1. The molecule has 0 radical (unpaired) electrons. The van der Waals surface area contributed by atoms with Crippen LogP contribution in [0.15, 0.2) is 11.2 Å². The molecule has 1 saturated heterocycles. The van der Waals surface area contributed by atoms with Crippen LogP contribution in [-0.4, -0.2) is 56.8 Å². The number of aryl methyl sites for hydroxylation is 2. The summed E-state index contributed by atoms with van der Waals surface area (Å²) in [6.07, 6.45) is 6.55. The number of rotatable bonds is 4. The Morgan fingerprint density at radius 2 is 1.90 bits per heavy atom. The van der Waals surface area contributed by atoms with E-state index in [0.717, 1.165) is 55.3 Å². The average Bonchev–Trinajstić information content (AvgIpc) is 3.45. The van der Waals surface area contributed by atoms with Crippen LogP contribution >= 0.6 is 0 Å². The number of anilines is 1. The van der Waals surface area contributed by atoms with Gasteiger partial charge in [0.2, 0.25) is 10.0 Å². The molecule has 9 nitrogen and oxygen atoms in total. The van der Waals surface area contributed by atoms with Crippen molar-refractivity contribution >= 4 is 28.0 Å². The quantitative estimate of drug-likeness (QED) is 0.642. The van der Waals surface area contributed by atoms with Gasteiger partial charge in [-0.15, -0.1) is 0 Å². The molecular weight excluding hydrogens is 406 g/mol. The lowest BCUT2D eigenvalue weighted by Crippen LogP contribution is -2.53. The van der Waals surface area contributed by atoms with E-state index in [1.54, 1.807) is 5.01 Å². The summed E-state index contributed by atoms with van der Waals surface area (Å²) >= 11 is 0. The molecule has 0 bridgehead atoms. The summed E-state index contributed by atoms with van der Waals surface area (Å²) in [4.78, 5) is 12.7. The number of urea groups is 1. The lowest BCUT2D eigenvalue weighted by molar-refractivity contribution is -0.102. The predicted octanol–water partition coefficient (Wildman–Crippen LogP) is 0.717. The van der Waals surface area contributed by atoms with Crippen molar-refractivity contribution in [3.05, 3.63) is 28.3 Å². The van der Waals surface area contributed by atoms with Gasteiger partial charge in [-0.2, -0.15) is 5.10 Å². The largest absolute Gasteiger partial charge is 0.355 e. The van der Waals surface area contributed by atoms with Gasteiger partial charge in [-0.1, -0.05) is 6.07 Å². The third-order valence-electron chi connectivity index (χ3n) is 6.52. The summed E-state index contributed by atoms with van der Waals surface area (Å²) in [6, 6.07) is 1.54. The van der Waals surface area contributed by atoms with Gasteiger partial charge in [0.05, 0.1) is 6.61 Å². The van der Waals surface area contributed by atoms with Crippen LogP contribution in [0.2, 0.25) is 0 Å². The van der Waals surface area contributed by atoms with E-state index in [9.17, 15) is 13.2 Å². The molecule has 162 valence electrons. The van der Waals surface area contributed by atoms with Crippen LogP contribution in [0.4, 0.5) is 10.5 Å². The summed E-state index contributed by atoms with van der Waals surface area (Å²) in [5.41, 5.74) is 11.3. The van der Waals surface area contributed by atoms with Gasteiger partial charge in [0.15, 0.2) is 11.5 Å². The van der Waals surface area contributed by atoms with Gasteiger partial charge in [0.25, 0.3) is 0 Å². The van der Waals surface area contributed by atoms with E-state index < -0.39 is 27.5 Å². The van der Waals surface area contributed by atoms with Crippen molar-refractivity contribution in [3.63, 3.8) is 0 Å². The summed E-state index contributed by atoms with van der Waals surface area (Å²) in [7, 11) is -4.01. The zero-order chi connectivity index (χ0) is 20.9. The van der Waals surface area contributed by atoms with E-state index in [-0.39, 0.29) is 5.92 Å². The first-order valence-corrected chi connectivity index (χ1v) is 12.1. The molecule has 0 spiro atoms. The fraction of sp³-hybridized carbons (Fsp3) is 0.600. The zero-order valence-electron chi connectivity index (χ0n) is 16.8. The highest BCUT2D eigenvalue weighted by atomic mass is 32.2. The van der Waals surface area contributed by atoms with Crippen molar-refractivity contribution in [2.75, 3.05) is 25.0 Å². The molecule has 1 aromatic rings. The van der Waals surface area contributed by atoms with E-state index in [4.69, 9.17) is 10.5 Å². The number of nitrogens with zero attached hydrogens (tertiary/aromatic N) is 2. The Kier molecular flexibility index (Phi) is 4.95. The van der Waals surface area contributed by atoms with Gasteiger partial charge < -0.3 is 15.8 Å². The van der Waals surface area contributed by atoms with Gasteiger partial charge in [-0.3, -0.25) is 5.01 Å². The highest BCUT2D eigenvalue weighted by Gasteiger charge is 2.44. The molecule has 30 heavy (non-hydrogen) atoms.